The van der Waals surface area contributed by atoms with Gasteiger partial charge in [0.15, 0.2) is 0 Å². The van der Waals surface area contributed by atoms with Gasteiger partial charge in [-0.3, -0.25) is 0 Å². The lowest BCUT2D eigenvalue weighted by Gasteiger charge is -2.27. The summed E-state index contributed by atoms with van der Waals surface area (Å²) in [5, 5.41) is 9.37. The smallest absolute Gasteiger partial charge is 0.335 e. The van der Waals surface area contributed by atoms with Crippen molar-refractivity contribution in [2.45, 2.75) is 52.4 Å². The van der Waals surface area contributed by atoms with Gasteiger partial charge in [0.05, 0.1) is 5.56 Å². The fraction of sp³-hybridized carbons (Fsp3) is 0.533. The van der Waals surface area contributed by atoms with Crippen LogP contribution >= 0.6 is 0 Å². The van der Waals surface area contributed by atoms with Gasteiger partial charge in [0, 0.05) is 5.69 Å². The number of carboxylic acid groups (broad SMARTS) is 1. The Labute approximate surface area is 109 Å². The second-order valence-corrected chi connectivity index (χ2v) is 6.79. The minimum atomic E-state index is -0.898. The number of hydrogen-bond donors (Lipinski definition) is 2. The van der Waals surface area contributed by atoms with Crippen molar-refractivity contribution in [1.82, 2.24) is 0 Å². The predicted molar refractivity (Wildman–Crippen MR) is 75.2 cm³/mol. The molecule has 3 nitrogen and oxygen atoms in total. The second-order valence-electron chi connectivity index (χ2n) is 6.79. The summed E-state index contributed by atoms with van der Waals surface area (Å²) in [5.41, 5.74) is 8.35. The van der Waals surface area contributed by atoms with Gasteiger partial charge >= 0.3 is 5.97 Å². The summed E-state index contributed by atoms with van der Waals surface area (Å²) in [6, 6.07) is 3.53. The van der Waals surface area contributed by atoms with Gasteiger partial charge in [-0.05, 0) is 34.1 Å². The number of carbonyl (C=O) groups is 1. The van der Waals surface area contributed by atoms with E-state index in [0.29, 0.717) is 11.3 Å². The van der Waals surface area contributed by atoms with Crippen molar-refractivity contribution in [1.29, 1.82) is 0 Å². The normalized spacial score (nSPS) is 12.6. The Morgan fingerprint density at radius 2 is 1.44 bits per heavy atom. The number of anilines is 1. The van der Waals surface area contributed by atoms with E-state index < -0.39 is 5.97 Å². The Hall–Kier alpha value is -1.51. The Balaban J connectivity index is 3.60. The fourth-order valence-corrected chi connectivity index (χ4v) is 2.06. The molecule has 0 aliphatic heterocycles. The van der Waals surface area contributed by atoms with Crippen molar-refractivity contribution < 1.29 is 9.90 Å². The molecule has 1 aromatic rings. The number of aromatic carboxylic acids is 1. The number of carboxylic acids is 1. The van der Waals surface area contributed by atoms with Gasteiger partial charge < -0.3 is 10.8 Å². The molecule has 0 unspecified atom stereocenters. The Morgan fingerprint density at radius 1 is 1.00 bits per heavy atom. The maximum absolute atomic E-state index is 11.4. The number of benzene rings is 1. The topological polar surface area (TPSA) is 63.3 Å². The van der Waals surface area contributed by atoms with Crippen LogP contribution in [0.1, 0.15) is 63.0 Å². The summed E-state index contributed by atoms with van der Waals surface area (Å²) in [6.07, 6.45) is 0. The number of rotatable bonds is 1. The van der Waals surface area contributed by atoms with Crippen molar-refractivity contribution in [3.8, 4) is 0 Å². The standard InChI is InChI=1S/C15H23NO2/c1-14(2,3)10-8-12(16)11(15(4,5)6)7-9(10)13(17)18/h7-8H,16H2,1-6H3,(H,17,18). The molecule has 0 radical (unpaired) electrons. The SMILES string of the molecule is CC(C)(C)c1cc(C(=O)O)c(C(C)(C)C)cc1N. The van der Waals surface area contributed by atoms with Crippen LogP contribution < -0.4 is 5.73 Å². The van der Waals surface area contributed by atoms with E-state index in [4.69, 9.17) is 5.73 Å². The molecule has 18 heavy (non-hydrogen) atoms. The van der Waals surface area contributed by atoms with Crippen LogP contribution in [0.2, 0.25) is 0 Å². The molecule has 0 spiro atoms. The van der Waals surface area contributed by atoms with Gasteiger partial charge in [-0.1, -0.05) is 41.5 Å². The molecule has 100 valence electrons. The van der Waals surface area contributed by atoms with Crippen LogP contribution in [0.4, 0.5) is 5.69 Å². The highest BCUT2D eigenvalue weighted by atomic mass is 16.4. The highest BCUT2D eigenvalue weighted by Crippen LogP contribution is 2.35. The minimum absolute atomic E-state index is 0.162. The molecule has 0 heterocycles. The Morgan fingerprint density at radius 3 is 1.78 bits per heavy atom. The molecule has 1 aromatic carbocycles. The molecule has 0 fully saturated rings. The summed E-state index contributed by atoms with van der Waals surface area (Å²) in [6.45, 7) is 12.1. The van der Waals surface area contributed by atoms with Crippen LogP contribution in [0, 0.1) is 0 Å². The first-order valence-corrected chi connectivity index (χ1v) is 6.12. The first kappa shape index (κ1) is 14.6. The third kappa shape index (κ3) is 2.84. The van der Waals surface area contributed by atoms with Gasteiger partial charge in [0.2, 0.25) is 0 Å². The first-order valence-electron chi connectivity index (χ1n) is 6.12. The van der Waals surface area contributed by atoms with Crippen molar-refractivity contribution in [3.05, 3.63) is 28.8 Å². The lowest BCUT2D eigenvalue weighted by atomic mass is 9.78. The van der Waals surface area contributed by atoms with Gasteiger partial charge in [-0.25, -0.2) is 4.79 Å². The zero-order valence-electron chi connectivity index (χ0n) is 12.1. The third-order valence-electron chi connectivity index (χ3n) is 3.04. The maximum Gasteiger partial charge on any atom is 0.335 e. The quantitative estimate of drug-likeness (QED) is 0.748. The van der Waals surface area contributed by atoms with E-state index >= 15 is 0 Å². The van der Waals surface area contributed by atoms with Gasteiger partial charge in [0.1, 0.15) is 0 Å². The van der Waals surface area contributed by atoms with Crippen LogP contribution in [-0.2, 0) is 10.8 Å². The van der Waals surface area contributed by atoms with Crippen LogP contribution in [-0.4, -0.2) is 11.1 Å². The van der Waals surface area contributed by atoms with Crippen molar-refractivity contribution >= 4 is 11.7 Å². The zero-order chi connectivity index (χ0) is 14.3. The summed E-state index contributed by atoms with van der Waals surface area (Å²) in [7, 11) is 0. The number of hydrogen-bond acceptors (Lipinski definition) is 2. The van der Waals surface area contributed by atoms with Crippen molar-refractivity contribution in [2.24, 2.45) is 0 Å². The Kier molecular flexibility index (Phi) is 3.48. The molecular formula is C15H23NO2. The van der Waals surface area contributed by atoms with E-state index in [-0.39, 0.29) is 10.8 Å². The van der Waals surface area contributed by atoms with E-state index in [1.807, 2.05) is 47.6 Å². The van der Waals surface area contributed by atoms with Crippen LogP contribution in [0.25, 0.3) is 0 Å². The summed E-state index contributed by atoms with van der Waals surface area (Å²) >= 11 is 0. The van der Waals surface area contributed by atoms with E-state index in [1.165, 1.54) is 0 Å². The average molecular weight is 249 g/mol. The Bertz CT molecular complexity index is 476. The predicted octanol–water partition coefficient (Wildman–Crippen LogP) is 3.56. The first-order chi connectivity index (χ1) is 7.94. The van der Waals surface area contributed by atoms with Gasteiger partial charge in [0.25, 0.3) is 0 Å². The average Bonchev–Trinajstić information content (AvgIpc) is 2.13. The largest absolute Gasteiger partial charge is 0.478 e. The molecule has 3 N–H and O–H groups in total. The van der Waals surface area contributed by atoms with E-state index in [9.17, 15) is 9.90 Å². The maximum atomic E-state index is 11.4. The van der Waals surface area contributed by atoms with E-state index in [1.54, 1.807) is 6.07 Å². The van der Waals surface area contributed by atoms with Crippen LogP contribution in [0.15, 0.2) is 12.1 Å². The highest BCUT2D eigenvalue weighted by Gasteiger charge is 2.26. The molecular weight excluding hydrogens is 226 g/mol. The second kappa shape index (κ2) is 4.30. The summed E-state index contributed by atoms with van der Waals surface area (Å²) in [4.78, 5) is 11.4. The lowest BCUT2D eigenvalue weighted by molar-refractivity contribution is 0.0694. The molecule has 0 aliphatic rings. The molecule has 0 aromatic heterocycles. The molecule has 0 saturated heterocycles. The molecule has 0 aliphatic carbocycles. The van der Waals surface area contributed by atoms with Crippen molar-refractivity contribution in [2.75, 3.05) is 5.73 Å². The molecule has 1 rings (SSSR count). The number of nitrogen functional groups attached to an aromatic ring is 1. The van der Waals surface area contributed by atoms with Crippen LogP contribution in [0.5, 0.6) is 0 Å². The molecule has 0 saturated carbocycles. The molecule has 3 heteroatoms. The highest BCUT2D eigenvalue weighted by molar-refractivity contribution is 5.91. The monoisotopic (exact) mass is 249 g/mol. The molecule has 0 amide bonds. The molecule has 0 atom stereocenters. The molecule has 0 bridgehead atoms. The summed E-state index contributed by atoms with van der Waals surface area (Å²) < 4.78 is 0. The van der Waals surface area contributed by atoms with Gasteiger partial charge in [-0.2, -0.15) is 0 Å². The van der Waals surface area contributed by atoms with E-state index in [0.717, 1.165) is 11.1 Å². The lowest BCUT2D eigenvalue weighted by Crippen LogP contribution is -2.21. The minimum Gasteiger partial charge on any atom is -0.478 e. The van der Waals surface area contributed by atoms with Crippen molar-refractivity contribution in [3.63, 3.8) is 0 Å². The summed E-state index contributed by atoms with van der Waals surface area (Å²) in [5.74, 6) is -0.898. The van der Waals surface area contributed by atoms with Crippen LogP contribution in [0.3, 0.4) is 0 Å². The zero-order valence-corrected chi connectivity index (χ0v) is 12.1. The fourth-order valence-electron chi connectivity index (χ4n) is 2.06. The number of nitrogens with two attached hydrogens (primary N) is 1. The van der Waals surface area contributed by atoms with Gasteiger partial charge in [-0.15, -0.1) is 0 Å². The van der Waals surface area contributed by atoms with E-state index in [2.05, 4.69) is 0 Å². The third-order valence-corrected chi connectivity index (χ3v) is 3.04.